The Hall–Kier alpha value is -1.32. The van der Waals surface area contributed by atoms with Crippen LogP contribution in [-0.4, -0.2) is 14.2 Å². The number of ether oxygens (including phenoxy) is 1. The SMILES string of the molecule is CNC(c1cc(C)cc(C)c1)c1cc(OC)cs1. The third-order valence-electron chi connectivity index (χ3n) is 2.98. The van der Waals surface area contributed by atoms with Gasteiger partial charge in [-0.25, -0.2) is 0 Å². The maximum Gasteiger partial charge on any atom is 0.129 e. The number of thiophene rings is 1. The van der Waals surface area contributed by atoms with Crippen LogP contribution in [0.15, 0.2) is 29.6 Å². The Morgan fingerprint density at radius 2 is 1.78 bits per heavy atom. The molecule has 0 aliphatic rings. The molecule has 0 spiro atoms. The van der Waals surface area contributed by atoms with E-state index in [0.717, 1.165) is 5.75 Å². The lowest BCUT2D eigenvalue weighted by Crippen LogP contribution is -2.16. The van der Waals surface area contributed by atoms with Crippen LogP contribution in [-0.2, 0) is 0 Å². The summed E-state index contributed by atoms with van der Waals surface area (Å²) in [5.74, 6) is 0.930. The first-order valence-corrected chi connectivity index (χ1v) is 6.90. The van der Waals surface area contributed by atoms with Crippen molar-refractivity contribution in [2.45, 2.75) is 19.9 Å². The van der Waals surface area contributed by atoms with Crippen LogP contribution in [0.5, 0.6) is 5.75 Å². The summed E-state index contributed by atoms with van der Waals surface area (Å²) in [7, 11) is 3.70. The van der Waals surface area contributed by atoms with Crippen LogP contribution in [0.1, 0.15) is 27.6 Å². The Labute approximate surface area is 113 Å². The Morgan fingerprint density at radius 1 is 1.11 bits per heavy atom. The van der Waals surface area contributed by atoms with Gasteiger partial charge in [-0.2, -0.15) is 0 Å². The third-order valence-corrected chi connectivity index (χ3v) is 3.96. The molecule has 1 N–H and O–H groups in total. The van der Waals surface area contributed by atoms with Gasteiger partial charge in [0, 0.05) is 10.3 Å². The third kappa shape index (κ3) is 2.74. The van der Waals surface area contributed by atoms with Gasteiger partial charge in [-0.15, -0.1) is 11.3 Å². The van der Waals surface area contributed by atoms with Crippen molar-refractivity contribution in [3.05, 3.63) is 51.2 Å². The van der Waals surface area contributed by atoms with Gasteiger partial charge in [-0.05, 0) is 32.5 Å². The van der Waals surface area contributed by atoms with E-state index in [1.165, 1.54) is 21.6 Å². The second kappa shape index (κ2) is 5.55. The van der Waals surface area contributed by atoms with E-state index in [1.807, 2.05) is 12.4 Å². The zero-order valence-corrected chi connectivity index (χ0v) is 12.1. The van der Waals surface area contributed by atoms with E-state index in [2.05, 4.69) is 43.4 Å². The van der Waals surface area contributed by atoms with Gasteiger partial charge >= 0.3 is 0 Å². The number of rotatable bonds is 4. The molecule has 0 aliphatic carbocycles. The highest BCUT2D eigenvalue weighted by Gasteiger charge is 2.15. The highest BCUT2D eigenvalue weighted by Crippen LogP contribution is 2.31. The Balaban J connectivity index is 2.38. The second-order valence-corrected chi connectivity index (χ2v) is 5.47. The molecule has 1 aromatic carbocycles. The minimum atomic E-state index is 0.234. The lowest BCUT2D eigenvalue weighted by atomic mass is 10.0. The largest absolute Gasteiger partial charge is 0.496 e. The first-order valence-electron chi connectivity index (χ1n) is 6.02. The van der Waals surface area contributed by atoms with E-state index in [4.69, 9.17) is 4.74 Å². The zero-order valence-electron chi connectivity index (χ0n) is 11.3. The molecule has 3 heteroatoms. The molecule has 0 bridgehead atoms. The molecular weight excluding hydrogens is 242 g/mol. The molecular formula is C15H19NOS. The van der Waals surface area contributed by atoms with Gasteiger partial charge in [0.05, 0.1) is 13.2 Å². The first-order chi connectivity index (χ1) is 8.63. The Morgan fingerprint density at radius 3 is 2.28 bits per heavy atom. The van der Waals surface area contributed by atoms with Crippen molar-refractivity contribution in [1.82, 2.24) is 5.32 Å². The summed E-state index contributed by atoms with van der Waals surface area (Å²) < 4.78 is 5.26. The maximum absolute atomic E-state index is 5.26. The molecule has 2 rings (SSSR count). The summed E-state index contributed by atoms with van der Waals surface area (Å²) in [6, 6.07) is 9.01. The van der Waals surface area contributed by atoms with Gasteiger partial charge in [-0.3, -0.25) is 0 Å². The molecule has 0 radical (unpaired) electrons. The first kappa shape index (κ1) is 13.1. The molecule has 2 aromatic rings. The predicted octanol–water partition coefficient (Wildman–Crippen LogP) is 3.68. The molecule has 0 amide bonds. The van der Waals surface area contributed by atoms with Crippen LogP contribution >= 0.6 is 11.3 Å². The van der Waals surface area contributed by atoms with Gasteiger partial charge < -0.3 is 10.1 Å². The van der Waals surface area contributed by atoms with Gasteiger partial charge in [0.15, 0.2) is 0 Å². The fourth-order valence-corrected chi connectivity index (χ4v) is 3.23. The second-order valence-electron chi connectivity index (χ2n) is 4.53. The summed E-state index contributed by atoms with van der Waals surface area (Å²) in [6.07, 6.45) is 0. The normalized spacial score (nSPS) is 12.4. The average Bonchev–Trinajstić information content (AvgIpc) is 2.77. The summed E-state index contributed by atoms with van der Waals surface area (Å²) in [6.45, 7) is 4.27. The maximum atomic E-state index is 5.26. The van der Waals surface area contributed by atoms with E-state index in [1.54, 1.807) is 18.4 Å². The molecule has 0 fully saturated rings. The van der Waals surface area contributed by atoms with E-state index in [9.17, 15) is 0 Å². The highest BCUT2D eigenvalue weighted by atomic mass is 32.1. The number of nitrogens with one attached hydrogen (secondary N) is 1. The fraction of sp³-hybridized carbons (Fsp3) is 0.333. The number of methoxy groups -OCH3 is 1. The van der Waals surface area contributed by atoms with Crippen molar-refractivity contribution in [1.29, 1.82) is 0 Å². The lowest BCUT2D eigenvalue weighted by molar-refractivity contribution is 0.416. The number of hydrogen-bond acceptors (Lipinski definition) is 3. The van der Waals surface area contributed by atoms with Crippen molar-refractivity contribution in [2.24, 2.45) is 0 Å². The van der Waals surface area contributed by atoms with E-state index in [0.29, 0.717) is 0 Å². The molecule has 96 valence electrons. The molecule has 0 saturated heterocycles. The summed E-state index contributed by atoms with van der Waals surface area (Å²) >= 11 is 1.73. The lowest BCUT2D eigenvalue weighted by Gasteiger charge is -2.16. The van der Waals surface area contributed by atoms with Crippen molar-refractivity contribution >= 4 is 11.3 Å². The predicted molar refractivity (Wildman–Crippen MR) is 77.7 cm³/mol. The fourth-order valence-electron chi connectivity index (χ4n) is 2.24. The zero-order chi connectivity index (χ0) is 13.1. The number of hydrogen-bond donors (Lipinski definition) is 1. The highest BCUT2D eigenvalue weighted by molar-refractivity contribution is 7.10. The molecule has 1 atom stereocenters. The van der Waals surface area contributed by atoms with Crippen molar-refractivity contribution in [2.75, 3.05) is 14.2 Å². The van der Waals surface area contributed by atoms with Crippen molar-refractivity contribution in [3.63, 3.8) is 0 Å². The Kier molecular flexibility index (Phi) is 4.04. The van der Waals surface area contributed by atoms with Crippen LogP contribution < -0.4 is 10.1 Å². The van der Waals surface area contributed by atoms with E-state index >= 15 is 0 Å². The molecule has 18 heavy (non-hydrogen) atoms. The molecule has 0 saturated carbocycles. The van der Waals surface area contributed by atoms with Crippen molar-refractivity contribution < 1.29 is 4.74 Å². The van der Waals surface area contributed by atoms with Crippen LogP contribution in [0.3, 0.4) is 0 Å². The average molecular weight is 261 g/mol. The van der Waals surface area contributed by atoms with Gasteiger partial charge in [0.2, 0.25) is 0 Å². The summed E-state index contributed by atoms with van der Waals surface area (Å²) in [4.78, 5) is 1.28. The smallest absolute Gasteiger partial charge is 0.129 e. The van der Waals surface area contributed by atoms with E-state index < -0.39 is 0 Å². The molecule has 1 heterocycles. The number of benzene rings is 1. The number of aryl methyl sites for hydroxylation is 2. The summed E-state index contributed by atoms with van der Waals surface area (Å²) in [5.41, 5.74) is 3.90. The standard InChI is InChI=1S/C15H19NOS/c1-10-5-11(2)7-12(6-10)15(16-3)14-8-13(17-4)9-18-14/h5-9,15-16H,1-4H3. The quantitative estimate of drug-likeness (QED) is 0.906. The van der Waals surface area contributed by atoms with Crippen LogP contribution in [0.4, 0.5) is 0 Å². The molecule has 1 aromatic heterocycles. The van der Waals surface area contributed by atoms with Gasteiger partial charge in [0.1, 0.15) is 5.75 Å². The summed E-state index contributed by atoms with van der Waals surface area (Å²) in [5, 5.41) is 5.43. The minimum absolute atomic E-state index is 0.234. The minimum Gasteiger partial charge on any atom is -0.496 e. The van der Waals surface area contributed by atoms with Crippen LogP contribution in [0, 0.1) is 13.8 Å². The van der Waals surface area contributed by atoms with E-state index in [-0.39, 0.29) is 6.04 Å². The topological polar surface area (TPSA) is 21.3 Å². The monoisotopic (exact) mass is 261 g/mol. The molecule has 0 aliphatic heterocycles. The Bertz CT molecular complexity index is 513. The van der Waals surface area contributed by atoms with Crippen LogP contribution in [0.2, 0.25) is 0 Å². The molecule has 2 nitrogen and oxygen atoms in total. The van der Waals surface area contributed by atoms with Gasteiger partial charge in [-0.1, -0.05) is 29.3 Å². The molecule has 1 unspecified atom stereocenters. The van der Waals surface area contributed by atoms with Crippen LogP contribution in [0.25, 0.3) is 0 Å². The van der Waals surface area contributed by atoms with Crippen molar-refractivity contribution in [3.8, 4) is 5.75 Å². The van der Waals surface area contributed by atoms with Gasteiger partial charge in [0.25, 0.3) is 0 Å².